The first-order chi connectivity index (χ1) is 5.74. The van der Waals surface area contributed by atoms with Gasteiger partial charge in [0.1, 0.15) is 5.01 Å². The van der Waals surface area contributed by atoms with Gasteiger partial charge in [0.05, 0.1) is 6.04 Å². The highest BCUT2D eigenvalue weighted by atomic mass is 32.1. The molecule has 1 aromatic heterocycles. The maximum absolute atomic E-state index is 4.30. The fourth-order valence-electron chi connectivity index (χ4n) is 1.17. The quantitative estimate of drug-likeness (QED) is 0.778. The Morgan fingerprint density at radius 3 is 2.75 bits per heavy atom. The molecule has 0 amide bonds. The highest BCUT2D eigenvalue weighted by molar-refractivity contribution is 7.09. The maximum Gasteiger partial charge on any atom is 0.109 e. The number of hydrogen-bond acceptors (Lipinski definition) is 3. The second kappa shape index (κ2) is 4.58. The Balaban J connectivity index is 2.57. The number of aromatic nitrogens is 1. The third-order valence-electron chi connectivity index (χ3n) is 1.69. The molecule has 1 unspecified atom stereocenters. The minimum atomic E-state index is 0.435. The lowest BCUT2D eigenvalue weighted by Gasteiger charge is -2.16. The van der Waals surface area contributed by atoms with E-state index in [-0.39, 0.29) is 0 Å². The molecule has 0 bridgehead atoms. The summed E-state index contributed by atoms with van der Waals surface area (Å²) in [5.74, 6) is 0. The summed E-state index contributed by atoms with van der Waals surface area (Å²) in [6, 6.07) is 0.962. The maximum atomic E-state index is 4.30. The van der Waals surface area contributed by atoms with E-state index >= 15 is 0 Å². The van der Waals surface area contributed by atoms with Gasteiger partial charge in [0.25, 0.3) is 0 Å². The third kappa shape index (κ3) is 2.57. The fraction of sp³-hybridized carbons (Fsp3) is 0.667. The molecule has 1 rings (SSSR count). The average molecular weight is 184 g/mol. The van der Waals surface area contributed by atoms with Crippen LogP contribution in [0.4, 0.5) is 0 Å². The molecule has 0 radical (unpaired) electrons. The van der Waals surface area contributed by atoms with E-state index in [1.54, 1.807) is 11.3 Å². The van der Waals surface area contributed by atoms with E-state index in [1.807, 2.05) is 11.6 Å². The molecular formula is C9H16N2S. The summed E-state index contributed by atoms with van der Waals surface area (Å²) < 4.78 is 0. The van der Waals surface area contributed by atoms with Crippen molar-refractivity contribution in [2.24, 2.45) is 0 Å². The second-order valence-corrected chi connectivity index (χ2v) is 4.08. The van der Waals surface area contributed by atoms with Gasteiger partial charge in [-0.1, -0.05) is 20.8 Å². The molecule has 1 heterocycles. The molecule has 0 aliphatic rings. The van der Waals surface area contributed by atoms with Crippen molar-refractivity contribution >= 4 is 11.3 Å². The average Bonchev–Trinajstić information content (AvgIpc) is 2.51. The summed E-state index contributed by atoms with van der Waals surface area (Å²) in [5.41, 5.74) is 0. The summed E-state index contributed by atoms with van der Waals surface area (Å²) >= 11 is 1.72. The van der Waals surface area contributed by atoms with Crippen molar-refractivity contribution in [1.29, 1.82) is 0 Å². The molecular weight excluding hydrogens is 168 g/mol. The van der Waals surface area contributed by atoms with Crippen LogP contribution in [0.1, 0.15) is 38.2 Å². The zero-order chi connectivity index (χ0) is 8.97. The predicted molar refractivity (Wildman–Crippen MR) is 53.4 cm³/mol. The van der Waals surface area contributed by atoms with E-state index in [0.717, 1.165) is 6.42 Å². The lowest BCUT2D eigenvalue weighted by Crippen LogP contribution is -2.27. The van der Waals surface area contributed by atoms with Gasteiger partial charge in [-0.25, -0.2) is 4.98 Å². The van der Waals surface area contributed by atoms with Crippen LogP contribution in [-0.2, 0) is 0 Å². The summed E-state index contributed by atoms with van der Waals surface area (Å²) in [7, 11) is 0. The Labute approximate surface area is 78.0 Å². The Bertz CT molecular complexity index is 206. The van der Waals surface area contributed by atoms with Crippen LogP contribution >= 0.6 is 11.3 Å². The molecule has 0 fully saturated rings. The molecule has 1 N–H and O–H groups in total. The number of nitrogens with zero attached hydrogens (tertiary/aromatic N) is 1. The molecule has 0 saturated heterocycles. The SMILES string of the molecule is CCC(NC(C)C)c1nccs1. The van der Waals surface area contributed by atoms with E-state index in [2.05, 4.69) is 31.1 Å². The Hall–Kier alpha value is -0.410. The standard InChI is InChI=1S/C9H16N2S/c1-4-8(11-7(2)3)9-10-5-6-12-9/h5-8,11H,4H2,1-3H3. The lowest BCUT2D eigenvalue weighted by atomic mass is 10.2. The first-order valence-electron chi connectivity index (χ1n) is 4.39. The highest BCUT2D eigenvalue weighted by Gasteiger charge is 2.11. The molecule has 3 heteroatoms. The Kier molecular flexibility index (Phi) is 3.69. The van der Waals surface area contributed by atoms with Crippen LogP contribution < -0.4 is 5.32 Å². The monoisotopic (exact) mass is 184 g/mol. The van der Waals surface area contributed by atoms with Gasteiger partial charge in [-0.2, -0.15) is 0 Å². The van der Waals surface area contributed by atoms with Crippen molar-refractivity contribution in [2.45, 2.75) is 39.3 Å². The minimum Gasteiger partial charge on any atom is -0.306 e. The zero-order valence-electron chi connectivity index (χ0n) is 7.87. The van der Waals surface area contributed by atoms with Gasteiger partial charge >= 0.3 is 0 Å². The van der Waals surface area contributed by atoms with E-state index in [9.17, 15) is 0 Å². The summed E-state index contributed by atoms with van der Waals surface area (Å²) in [6.07, 6.45) is 2.97. The normalized spacial score (nSPS) is 13.7. The van der Waals surface area contributed by atoms with Gasteiger partial charge in [-0.15, -0.1) is 11.3 Å². The predicted octanol–water partition coefficient (Wildman–Crippen LogP) is 2.59. The number of thiazole rings is 1. The van der Waals surface area contributed by atoms with Crippen molar-refractivity contribution in [1.82, 2.24) is 10.3 Å². The smallest absolute Gasteiger partial charge is 0.109 e. The van der Waals surface area contributed by atoms with E-state index < -0.39 is 0 Å². The van der Waals surface area contributed by atoms with E-state index in [4.69, 9.17) is 0 Å². The number of nitrogens with one attached hydrogen (secondary N) is 1. The van der Waals surface area contributed by atoms with Crippen LogP contribution in [-0.4, -0.2) is 11.0 Å². The fourth-order valence-corrected chi connectivity index (χ4v) is 1.95. The molecule has 0 aliphatic carbocycles. The Morgan fingerprint density at radius 1 is 1.58 bits per heavy atom. The van der Waals surface area contributed by atoms with Crippen LogP contribution in [0.25, 0.3) is 0 Å². The van der Waals surface area contributed by atoms with Crippen molar-refractivity contribution in [3.05, 3.63) is 16.6 Å². The third-order valence-corrected chi connectivity index (χ3v) is 2.58. The van der Waals surface area contributed by atoms with Crippen LogP contribution in [0.3, 0.4) is 0 Å². The molecule has 0 aliphatic heterocycles. The number of rotatable bonds is 4. The Morgan fingerprint density at radius 2 is 2.33 bits per heavy atom. The topological polar surface area (TPSA) is 24.9 Å². The molecule has 1 atom stereocenters. The number of hydrogen-bond donors (Lipinski definition) is 1. The van der Waals surface area contributed by atoms with E-state index in [0.29, 0.717) is 12.1 Å². The van der Waals surface area contributed by atoms with Gasteiger partial charge in [-0.05, 0) is 6.42 Å². The first-order valence-corrected chi connectivity index (χ1v) is 5.27. The van der Waals surface area contributed by atoms with Crippen molar-refractivity contribution < 1.29 is 0 Å². The zero-order valence-corrected chi connectivity index (χ0v) is 8.69. The minimum absolute atomic E-state index is 0.435. The van der Waals surface area contributed by atoms with Crippen molar-refractivity contribution in [2.75, 3.05) is 0 Å². The molecule has 0 spiro atoms. The summed E-state index contributed by atoms with van der Waals surface area (Å²) in [4.78, 5) is 4.30. The van der Waals surface area contributed by atoms with Gasteiger partial charge in [0.15, 0.2) is 0 Å². The van der Waals surface area contributed by atoms with Crippen LogP contribution in [0, 0.1) is 0 Å². The largest absolute Gasteiger partial charge is 0.306 e. The molecule has 2 nitrogen and oxygen atoms in total. The summed E-state index contributed by atoms with van der Waals surface area (Å²) in [6.45, 7) is 6.51. The van der Waals surface area contributed by atoms with Crippen LogP contribution in [0.2, 0.25) is 0 Å². The highest BCUT2D eigenvalue weighted by Crippen LogP contribution is 2.18. The molecule has 1 aromatic rings. The molecule has 12 heavy (non-hydrogen) atoms. The molecule has 0 aromatic carbocycles. The van der Waals surface area contributed by atoms with Gasteiger partial charge in [-0.3, -0.25) is 0 Å². The lowest BCUT2D eigenvalue weighted by molar-refractivity contribution is 0.465. The van der Waals surface area contributed by atoms with Crippen LogP contribution in [0.5, 0.6) is 0 Å². The van der Waals surface area contributed by atoms with Crippen molar-refractivity contribution in [3.63, 3.8) is 0 Å². The van der Waals surface area contributed by atoms with Gasteiger partial charge < -0.3 is 5.32 Å². The van der Waals surface area contributed by atoms with Gasteiger partial charge in [0, 0.05) is 17.6 Å². The van der Waals surface area contributed by atoms with Crippen molar-refractivity contribution in [3.8, 4) is 0 Å². The van der Waals surface area contributed by atoms with E-state index in [1.165, 1.54) is 5.01 Å². The summed E-state index contributed by atoms with van der Waals surface area (Å²) in [5, 5.41) is 6.71. The molecule has 68 valence electrons. The first kappa shape index (κ1) is 9.68. The second-order valence-electron chi connectivity index (χ2n) is 3.15. The van der Waals surface area contributed by atoms with Gasteiger partial charge in [0.2, 0.25) is 0 Å². The van der Waals surface area contributed by atoms with Crippen LogP contribution in [0.15, 0.2) is 11.6 Å². The molecule has 0 saturated carbocycles.